The SMILES string of the molecule is Cc1cc(C)c(C)c(C(O)C2CCCCCC2)c1C. The molecule has 1 aromatic carbocycles. The zero-order valence-corrected chi connectivity index (χ0v) is 12.9. The van der Waals surface area contributed by atoms with Gasteiger partial charge in [0.05, 0.1) is 6.10 Å². The van der Waals surface area contributed by atoms with Gasteiger partial charge in [-0.25, -0.2) is 0 Å². The smallest absolute Gasteiger partial charge is 0.0823 e. The number of aliphatic hydroxyl groups excluding tert-OH is 1. The Bertz CT molecular complexity index is 413. The standard InChI is InChI=1S/C18H28O/c1-12-11-13(2)15(4)17(14(12)3)18(19)16-9-7-5-6-8-10-16/h11,16,18-19H,5-10H2,1-4H3. The lowest BCUT2D eigenvalue weighted by Gasteiger charge is -2.26. The average Bonchev–Trinajstić information content (AvgIpc) is 2.65. The molecular formula is C18H28O. The van der Waals surface area contributed by atoms with Gasteiger partial charge in [-0.05, 0) is 74.3 Å². The Morgan fingerprint density at radius 3 is 1.84 bits per heavy atom. The highest BCUT2D eigenvalue weighted by atomic mass is 16.3. The van der Waals surface area contributed by atoms with Crippen molar-refractivity contribution in [2.45, 2.75) is 72.3 Å². The lowest BCUT2D eigenvalue weighted by Crippen LogP contribution is -2.15. The summed E-state index contributed by atoms with van der Waals surface area (Å²) in [6, 6.07) is 2.24. The predicted molar refractivity (Wildman–Crippen MR) is 81.5 cm³/mol. The van der Waals surface area contributed by atoms with E-state index in [9.17, 15) is 5.11 Å². The molecule has 106 valence electrons. The Morgan fingerprint density at radius 1 is 0.895 bits per heavy atom. The number of aryl methyl sites for hydroxylation is 2. The van der Waals surface area contributed by atoms with Crippen molar-refractivity contribution in [2.75, 3.05) is 0 Å². The van der Waals surface area contributed by atoms with E-state index in [1.807, 2.05) is 0 Å². The maximum atomic E-state index is 10.9. The van der Waals surface area contributed by atoms with Gasteiger partial charge in [-0.15, -0.1) is 0 Å². The monoisotopic (exact) mass is 260 g/mol. The molecule has 0 saturated heterocycles. The minimum absolute atomic E-state index is 0.267. The number of hydrogen-bond donors (Lipinski definition) is 1. The first-order chi connectivity index (χ1) is 9.02. The molecule has 0 aliphatic heterocycles. The minimum atomic E-state index is -0.267. The van der Waals surface area contributed by atoms with E-state index < -0.39 is 0 Å². The summed E-state index contributed by atoms with van der Waals surface area (Å²) in [6.07, 6.45) is 7.36. The fraction of sp³-hybridized carbons (Fsp3) is 0.667. The zero-order valence-electron chi connectivity index (χ0n) is 12.9. The van der Waals surface area contributed by atoms with Gasteiger partial charge in [-0.1, -0.05) is 31.7 Å². The van der Waals surface area contributed by atoms with Crippen LogP contribution in [0.25, 0.3) is 0 Å². The minimum Gasteiger partial charge on any atom is -0.388 e. The van der Waals surface area contributed by atoms with E-state index in [0.717, 1.165) is 0 Å². The predicted octanol–water partition coefficient (Wildman–Crippen LogP) is 4.92. The van der Waals surface area contributed by atoms with Gasteiger partial charge in [0.25, 0.3) is 0 Å². The van der Waals surface area contributed by atoms with E-state index in [0.29, 0.717) is 5.92 Å². The highest BCUT2D eigenvalue weighted by Gasteiger charge is 2.25. The van der Waals surface area contributed by atoms with Crippen molar-refractivity contribution in [1.82, 2.24) is 0 Å². The Morgan fingerprint density at radius 2 is 1.37 bits per heavy atom. The molecule has 1 saturated carbocycles. The van der Waals surface area contributed by atoms with Crippen molar-refractivity contribution in [2.24, 2.45) is 5.92 Å². The molecule has 1 nitrogen and oxygen atoms in total. The lowest BCUT2D eigenvalue weighted by atomic mass is 9.83. The van der Waals surface area contributed by atoms with Gasteiger partial charge in [-0.2, -0.15) is 0 Å². The van der Waals surface area contributed by atoms with Crippen molar-refractivity contribution in [3.05, 3.63) is 33.9 Å². The third kappa shape index (κ3) is 3.02. The van der Waals surface area contributed by atoms with E-state index in [2.05, 4.69) is 33.8 Å². The molecule has 1 aromatic rings. The molecule has 0 radical (unpaired) electrons. The van der Waals surface area contributed by atoms with Crippen molar-refractivity contribution in [1.29, 1.82) is 0 Å². The summed E-state index contributed by atoms with van der Waals surface area (Å²) in [5.41, 5.74) is 6.42. The second-order valence-corrected chi connectivity index (χ2v) is 6.37. The fourth-order valence-corrected chi connectivity index (χ4v) is 3.55. The van der Waals surface area contributed by atoms with E-state index >= 15 is 0 Å². The molecule has 0 aromatic heterocycles. The Balaban J connectivity index is 2.34. The summed E-state index contributed by atoms with van der Waals surface area (Å²) in [5.74, 6) is 0.459. The molecule has 19 heavy (non-hydrogen) atoms. The summed E-state index contributed by atoms with van der Waals surface area (Å²) >= 11 is 0. The van der Waals surface area contributed by atoms with Crippen molar-refractivity contribution in [3.8, 4) is 0 Å². The van der Waals surface area contributed by atoms with Crippen LogP contribution in [0.15, 0.2) is 6.07 Å². The van der Waals surface area contributed by atoms with Gasteiger partial charge in [0.2, 0.25) is 0 Å². The third-order valence-corrected chi connectivity index (χ3v) is 5.07. The van der Waals surface area contributed by atoms with Crippen LogP contribution in [0.1, 0.15) is 72.4 Å². The summed E-state index contributed by atoms with van der Waals surface area (Å²) in [5, 5.41) is 10.9. The van der Waals surface area contributed by atoms with Crippen molar-refractivity contribution >= 4 is 0 Å². The van der Waals surface area contributed by atoms with Crippen LogP contribution in [0, 0.1) is 33.6 Å². The van der Waals surface area contributed by atoms with Crippen LogP contribution in [0.2, 0.25) is 0 Å². The van der Waals surface area contributed by atoms with Gasteiger partial charge in [0, 0.05) is 0 Å². The van der Waals surface area contributed by atoms with E-state index in [-0.39, 0.29) is 6.10 Å². The average molecular weight is 260 g/mol. The molecule has 0 amide bonds. The lowest BCUT2D eigenvalue weighted by molar-refractivity contribution is 0.0975. The molecule has 1 aliphatic rings. The van der Waals surface area contributed by atoms with E-state index in [1.165, 1.54) is 66.3 Å². The summed E-state index contributed by atoms with van der Waals surface area (Å²) in [6.45, 7) is 8.64. The molecule has 1 unspecified atom stereocenters. The number of benzene rings is 1. The molecule has 0 heterocycles. The maximum absolute atomic E-state index is 10.9. The van der Waals surface area contributed by atoms with Gasteiger partial charge in [-0.3, -0.25) is 0 Å². The summed E-state index contributed by atoms with van der Waals surface area (Å²) in [4.78, 5) is 0. The van der Waals surface area contributed by atoms with Gasteiger partial charge in [0.1, 0.15) is 0 Å². The molecule has 2 rings (SSSR count). The number of rotatable bonds is 2. The van der Waals surface area contributed by atoms with Gasteiger partial charge < -0.3 is 5.11 Å². The van der Waals surface area contributed by atoms with Crippen LogP contribution < -0.4 is 0 Å². The molecule has 1 atom stereocenters. The van der Waals surface area contributed by atoms with Crippen LogP contribution in [0.4, 0.5) is 0 Å². The molecular weight excluding hydrogens is 232 g/mol. The first-order valence-corrected chi connectivity index (χ1v) is 7.77. The second kappa shape index (κ2) is 6.09. The first kappa shape index (κ1) is 14.6. The highest BCUT2D eigenvalue weighted by molar-refractivity contribution is 5.45. The normalized spacial score (nSPS) is 19.2. The molecule has 1 heteroatoms. The van der Waals surface area contributed by atoms with Crippen LogP contribution in [0.5, 0.6) is 0 Å². The Hall–Kier alpha value is -0.820. The molecule has 0 bridgehead atoms. The topological polar surface area (TPSA) is 20.2 Å². The van der Waals surface area contributed by atoms with E-state index in [4.69, 9.17) is 0 Å². The molecule has 1 fully saturated rings. The zero-order chi connectivity index (χ0) is 14.0. The number of hydrogen-bond acceptors (Lipinski definition) is 1. The van der Waals surface area contributed by atoms with Crippen molar-refractivity contribution in [3.63, 3.8) is 0 Å². The Kier molecular flexibility index (Phi) is 4.67. The summed E-state index contributed by atoms with van der Waals surface area (Å²) in [7, 11) is 0. The largest absolute Gasteiger partial charge is 0.388 e. The highest BCUT2D eigenvalue weighted by Crippen LogP contribution is 2.37. The van der Waals surface area contributed by atoms with Crippen LogP contribution in [-0.4, -0.2) is 5.11 Å². The first-order valence-electron chi connectivity index (χ1n) is 7.77. The number of aliphatic hydroxyl groups is 1. The van der Waals surface area contributed by atoms with Gasteiger partial charge >= 0.3 is 0 Å². The maximum Gasteiger partial charge on any atom is 0.0823 e. The fourth-order valence-electron chi connectivity index (χ4n) is 3.55. The third-order valence-electron chi connectivity index (χ3n) is 5.07. The van der Waals surface area contributed by atoms with Gasteiger partial charge in [0.15, 0.2) is 0 Å². The van der Waals surface area contributed by atoms with Crippen LogP contribution >= 0.6 is 0 Å². The second-order valence-electron chi connectivity index (χ2n) is 6.37. The summed E-state index contributed by atoms with van der Waals surface area (Å²) < 4.78 is 0. The molecule has 1 N–H and O–H groups in total. The molecule has 1 aliphatic carbocycles. The Labute approximate surface area is 118 Å². The van der Waals surface area contributed by atoms with E-state index in [1.54, 1.807) is 0 Å². The quantitative estimate of drug-likeness (QED) is 0.748. The van der Waals surface area contributed by atoms with Crippen LogP contribution in [-0.2, 0) is 0 Å². The van der Waals surface area contributed by atoms with Crippen molar-refractivity contribution < 1.29 is 5.11 Å². The molecule has 0 spiro atoms. The van der Waals surface area contributed by atoms with Crippen LogP contribution in [0.3, 0.4) is 0 Å².